The molecule has 4 aromatic rings. The number of methoxy groups -OCH3 is 1. The average Bonchev–Trinajstić information content (AvgIpc) is 3.37. The van der Waals surface area contributed by atoms with Gasteiger partial charge >= 0.3 is 0 Å². The lowest BCUT2D eigenvalue weighted by atomic mass is 10.1. The van der Waals surface area contributed by atoms with Crippen LogP contribution in [0.5, 0.6) is 5.75 Å². The third-order valence-corrected chi connectivity index (χ3v) is 6.07. The Bertz CT molecular complexity index is 1300. The lowest BCUT2D eigenvalue weighted by molar-refractivity contribution is 0.104. The minimum atomic E-state index is -0.0494. The molecule has 1 aromatic heterocycles. The number of morpholine rings is 1. The molecule has 0 saturated carbocycles. The van der Waals surface area contributed by atoms with Gasteiger partial charge in [-0.1, -0.05) is 18.2 Å². The second-order valence-corrected chi connectivity index (χ2v) is 8.29. The zero-order chi connectivity index (χ0) is 24.0. The number of nitrogens with zero attached hydrogens (tertiary/aromatic N) is 3. The minimum absolute atomic E-state index is 0.0494. The van der Waals surface area contributed by atoms with Gasteiger partial charge in [0.15, 0.2) is 5.78 Å². The maximum absolute atomic E-state index is 12.9. The Kier molecular flexibility index (Phi) is 6.73. The van der Waals surface area contributed by atoms with Crippen molar-refractivity contribution in [1.29, 1.82) is 0 Å². The summed E-state index contributed by atoms with van der Waals surface area (Å²) in [7, 11) is 1.65. The van der Waals surface area contributed by atoms with Crippen LogP contribution in [0.25, 0.3) is 23.0 Å². The fourth-order valence-corrected chi connectivity index (χ4v) is 4.12. The van der Waals surface area contributed by atoms with E-state index in [4.69, 9.17) is 14.6 Å². The molecule has 0 spiro atoms. The van der Waals surface area contributed by atoms with Crippen molar-refractivity contribution in [2.24, 2.45) is 0 Å². The molecular formula is C29H27N3O3. The van der Waals surface area contributed by atoms with Gasteiger partial charge in [-0.3, -0.25) is 4.79 Å². The van der Waals surface area contributed by atoms with Crippen LogP contribution in [0.1, 0.15) is 15.9 Å². The number of ketones is 1. The van der Waals surface area contributed by atoms with Gasteiger partial charge in [-0.15, -0.1) is 0 Å². The topological polar surface area (TPSA) is 56.6 Å². The van der Waals surface area contributed by atoms with Crippen molar-refractivity contribution in [3.8, 4) is 22.7 Å². The summed E-state index contributed by atoms with van der Waals surface area (Å²) in [5.74, 6) is 0.732. The van der Waals surface area contributed by atoms with Crippen LogP contribution >= 0.6 is 0 Å². The smallest absolute Gasteiger partial charge is 0.185 e. The molecule has 5 rings (SSSR count). The molecule has 35 heavy (non-hydrogen) atoms. The fourth-order valence-electron chi connectivity index (χ4n) is 4.12. The Morgan fingerprint density at radius 1 is 0.914 bits per heavy atom. The predicted octanol–water partition coefficient (Wildman–Crippen LogP) is 5.28. The van der Waals surface area contributed by atoms with Crippen LogP contribution in [0, 0.1) is 0 Å². The van der Waals surface area contributed by atoms with Gasteiger partial charge in [0.25, 0.3) is 0 Å². The summed E-state index contributed by atoms with van der Waals surface area (Å²) in [4.78, 5) is 15.2. The predicted molar refractivity (Wildman–Crippen MR) is 138 cm³/mol. The molecule has 176 valence electrons. The summed E-state index contributed by atoms with van der Waals surface area (Å²) in [5, 5.41) is 4.82. The van der Waals surface area contributed by atoms with Crippen molar-refractivity contribution >= 4 is 17.5 Å². The number of carbonyl (C=O) groups excluding carboxylic acids is 1. The average molecular weight is 466 g/mol. The van der Waals surface area contributed by atoms with Crippen molar-refractivity contribution in [2.45, 2.75) is 0 Å². The summed E-state index contributed by atoms with van der Waals surface area (Å²) in [5.41, 5.74) is 5.31. The fraction of sp³-hybridized carbons (Fsp3) is 0.172. The van der Waals surface area contributed by atoms with E-state index in [-0.39, 0.29) is 5.78 Å². The molecule has 0 unspecified atom stereocenters. The SMILES string of the molecule is COc1ccc(-c2nn(-c3ccccc3)cc2C=CC(=O)c2ccc(N3CCOCC3)cc2)cc1. The molecule has 2 heterocycles. The number of allylic oxidation sites excluding steroid dienone is 1. The normalized spacial score (nSPS) is 13.8. The van der Waals surface area contributed by atoms with Gasteiger partial charge in [-0.05, 0) is 72.8 Å². The first-order chi connectivity index (χ1) is 17.2. The molecule has 6 heteroatoms. The van der Waals surface area contributed by atoms with E-state index in [1.165, 1.54) is 0 Å². The van der Waals surface area contributed by atoms with E-state index >= 15 is 0 Å². The number of anilines is 1. The van der Waals surface area contributed by atoms with Crippen molar-refractivity contribution in [1.82, 2.24) is 9.78 Å². The minimum Gasteiger partial charge on any atom is -0.497 e. The third-order valence-electron chi connectivity index (χ3n) is 6.07. The molecule has 0 bridgehead atoms. The van der Waals surface area contributed by atoms with Gasteiger partial charge < -0.3 is 14.4 Å². The number of hydrogen-bond acceptors (Lipinski definition) is 5. The van der Waals surface area contributed by atoms with Gasteiger partial charge in [0, 0.05) is 41.7 Å². The van der Waals surface area contributed by atoms with E-state index in [9.17, 15) is 4.79 Å². The zero-order valence-electron chi connectivity index (χ0n) is 19.6. The number of hydrogen-bond donors (Lipinski definition) is 0. The molecule has 0 radical (unpaired) electrons. The second-order valence-electron chi connectivity index (χ2n) is 8.29. The summed E-state index contributed by atoms with van der Waals surface area (Å²) in [6.45, 7) is 3.20. The van der Waals surface area contributed by atoms with E-state index in [1.807, 2.05) is 95.8 Å². The lowest BCUT2D eigenvalue weighted by Crippen LogP contribution is -2.36. The maximum atomic E-state index is 12.9. The largest absolute Gasteiger partial charge is 0.497 e. The molecule has 6 nitrogen and oxygen atoms in total. The number of para-hydroxylation sites is 1. The van der Waals surface area contributed by atoms with Gasteiger partial charge in [0.1, 0.15) is 5.75 Å². The van der Waals surface area contributed by atoms with Gasteiger partial charge in [-0.2, -0.15) is 5.10 Å². The van der Waals surface area contributed by atoms with Crippen LogP contribution in [-0.4, -0.2) is 49.0 Å². The lowest BCUT2D eigenvalue weighted by Gasteiger charge is -2.28. The molecular weight excluding hydrogens is 438 g/mol. The summed E-state index contributed by atoms with van der Waals surface area (Å²) in [6.07, 6.45) is 5.40. The Hall–Kier alpha value is -4.16. The molecule has 1 fully saturated rings. The Morgan fingerprint density at radius 2 is 1.63 bits per heavy atom. The van der Waals surface area contributed by atoms with Crippen LogP contribution in [-0.2, 0) is 4.74 Å². The quantitative estimate of drug-likeness (QED) is 0.275. The molecule has 0 atom stereocenters. The van der Waals surface area contributed by atoms with Crippen molar-refractivity contribution in [2.75, 3.05) is 38.3 Å². The van der Waals surface area contributed by atoms with Crippen molar-refractivity contribution < 1.29 is 14.3 Å². The van der Waals surface area contributed by atoms with Crippen molar-refractivity contribution in [3.05, 3.63) is 102 Å². The van der Waals surface area contributed by atoms with Crippen LogP contribution in [0.3, 0.4) is 0 Å². The third kappa shape index (κ3) is 5.18. The summed E-state index contributed by atoms with van der Waals surface area (Å²) >= 11 is 0. The molecule has 0 amide bonds. The van der Waals surface area contributed by atoms with Crippen LogP contribution in [0.4, 0.5) is 5.69 Å². The second kappa shape index (κ2) is 10.4. The van der Waals surface area contributed by atoms with Gasteiger partial charge in [0.2, 0.25) is 0 Å². The first-order valence-corrected chi connectivity index (χ1v) is 11.7. The van der Waals surface area contributed by atoms with E-state index in [1.54, 1.807) is 13.2 Å². The van der Waals surface area contributed by atoms with Gasteiger partial charge in [-0.25, -0.2) is 4.68 Å². The Morgan fingerprint density at radius 3 is 2.31 bits per heavy atom. The molecule has 1 saturated heterocycles. The number of aromatic nitrogens is 2. The summed E-state index contributed by atoms with van der Waals surface area (Å²) < 4.78 is 12.5. The molecule has 1 aliphatic rings. The number of rotatable bonds is 7. The monoisotopic (exact) mass is 465 g/mol. The molecule has 1 aliphatic heterocycles. The van der Waals surface area contributed by atoms with Crippen LogP contribution in [0.15, 0.2) is 91.1 Å². The highest BCUT2D eigenvalue weighted by Crippen LogP contribution is 2.27. The summed E-state index contributed by atoms with van der Waals surface area (Å²) in [6, 6.07) is 25.5. The highest BCUT2D eigenvalue weighted by molar-refractivity contribution is 6.07. The Labute approximate surface area is 205 Å². The van der Waals surface area contributed by atoms with Crippen molar-refractivity contribution in [3.63, 3.8) is 0 Å². The molecule has 0 aliphatic carbocycles. The van der Waals surface area contributed by atoms with E-state index in [0.29, 0.717) is 5.56 Å². The highest BCUT2D eigenvalue weighted by atomic mass is 16.5. The zero-order valence-corrected chi connectivity index (χ0v) is 19.6. The molecule has 0 N–H and O–H groups in total. The number of ether oxygens (including phenoxy) is 2. The van der Waals surface area contributed by atoms with Gasteiger partial charge in [0.05, 0.1) is 31.7 Å². The van der Waals surface area contributed by atoms with E-state index < -0.39 is 0 Å². The first kappa shape index (κ1) is 22.6. The first-order valence-electron chi connectivity index (χ1n) is 11.7. The van der Waals surface area contributed by atoms with E-state index in [2.05, 4.69) is 4.90 Å². The maximum Gasteiger partial charge on any atom is 0.185 e. The standard InChI is InChI=1S/C29H27N3O3/c1-34-27-14-9-23(10-15-27)29-24(21-32(30-29)26-5-3-2-4-6-26)11-16-28(33)22-7-12-25(13-8-22)31-17-19-35-20-18-31/h2-16,21H,17-20H2,1H3. The van der Waals surface area contributed by atoms with E-state index in [0.717, 1.165) is 60.2 Å². The number of benzene rings is 3. The number of carbonyl (C=O) groups is 1. The molecule has 3 aromatic carbocycles. The van der Waals surface area contributed by atoms with Crippen LogP contribution in [0.2, 0.25) is 0 Å². The van der Waals surface area contributed by atoms with Crippen LogP contribution < -0.4 is 9.64 Å². The highest BCUT2D eigenvalue weighted by Gasteiger charge is 2.13. The Balaban J connectivity index is 1.41.